The lowest BCUT2D eigenvalue weighted by Crippen LogP contribution is -2.14. The molecule has 2 heterocycles. The van der Waals surface area contributed by atoms with Crippen molar-refractivity contribution in [2.45, 2.75) is 96.1 Å². The fourth-order valence-electron chi connectivity index (χ4n) is 4.14. The molecule has 2 heteroatoms. The fourth-order valence-corrected chi connectivity index (χ4v) is 4.14. The van der Waals surface area contributed by atoms with E-state index in [0.29, 0.717) is 24.4 Å². The molecule has 19 heavy (non-hydrogen) atoms. The quantitative estimate of drug-likeness (QED) is 0.711. The first-order valence-corrected chi connectivity index (χ1v) is 8.62. The predicted octanol–water partition coefficient (Wildman–Crippen LogP) is 4.32. The summed E-state index contributed by atoms with van der Waals surface area (Å²) in [5.74, 6) is 1.90. The second kappa shape index (κ2) is 6.13. The molecule has 2 aliphatic heterocycles. The Hall–Kier alpha value is -0.0800. The van der Waals surface area contributed by atoms with E-state index in [2.05, 4.69) is 13.8 Å². The summed E-state index contributed by atoms with van der Waals surface area (Å²) in [7, 11) is 0. The van der Waals surface area contributed by atoms with Crippen LogP contribution in [0.4, 0.5) is 0 Å². The van der Waals surface area contributed by atoms with Gasteiger partial charge in [-0.15, -0.1) is 0 Å². The van der Waals surface area contributed by atoms with Gasteiger partial charge in [0.05, 0.1) is 24.4 Å². The lowest BCUT2D eigenvalue weighted by atomic mass is 9.86. The van der Waals surface area contributed by atoms with E-state index in [0.717, 1.165) is 11.8 Å². The maximum Gasteiger partial charge on any atom is 0.0869 e. The van der Waals surface area contributed by atoms with Crippen molar-refractivity contribution >= 4 is 0 Å². The summed E-state index contributed by atoms with van der Waals surface area (Å²) >= 11 is 0. The van der Waals surface area contributed by atoms with Crippen LogP contribution in [0, 0.1) is 11.8 Å². The average Bonchev–Trinajstić information content (AvgIpc) is 3.32. The zero-order valence-electron chi connectivity index (χ0n) is 12.6. The number of epoxide rings is 2. The summed E-state index contributed by atoms with van der Waals surface area (Å²) in [6.45, 7) is 4.55. The minimum atomic E-state index is 0.684. The first-order chi connectivity index (χ1) is 9.31. The van der Waals surface area contributed by atoms with Gasteiger partial charge in [0.15, 0.2) is 0 Å². The molecule has 2 saturated carbocycles. The summed E-state index contributed by atoms with van der Waals surface area (Å²) in [6.07, 6.45) is 15.1. The van der Waals surface area contributed by atoms with E-state index >= 15 is 0 Å². The zero-order chi connectivity index (χ0) is 13.2. The monoisotopic (exact) mass is 266 g/mol. The van der Waals surface area contributed by atoms with E-state index in [1.54, 1.807) is 0 Å². The van der Waals surface area contributed by atoms with Gasteiger partial charge in [0.2, 0.25) is 0 Å². The maximum atomic E-state index is 5.48. The van der Waals surface area contributed by atoms with Gasteiger partial charge in [0, 0.05) is 0 Å². The molecular formula is C17H30O2. The molecule has 0 spiro atoms. The van der Waals surface area contributed by atoms with Crippen LogP contribution in [0.1, 0.15) is 71.6 Å². The number of hydrogen-bond acceptors (Lipinski definition) is 2. The third-order valence-corrected chi connectivity index (χ3v) is 5.48. The fraction of sp³-hybridized carbons (Fsp3) is 1.00. The highest BCUT2D eigenvalue weighted by atomic mass is 16.6. The van der Waals surface area contributed by atoms with Gasteiger partial charge in [-0.05, 0) is 43.9 Å². The Bertz CT molecular complexity index is 291. The molecule has 6 atom stereocenters. The molecule has 4 rings (SSSR count). The van der Waals surface area contributed by atoms with Crippen LogP contribution in [0.3, 0.4) is 0 Å². The van der Waals surface area contributed by atoms with E-state index in [-0.39, 0.29) is 0 Å². The Kier molecular flexibility index (Phi) is 4.48. The number of hydrogen-bond donors (Lipinski definition) is 0. The van der Waals surface area contributed by atoms with Gasteiger partial charge in [-0.3, -0.25) is 0 Å². The number of rotatable bonds is 3. The molecule has 2 nitrogen and oxygen atoms in total. The van der Waals surface area contributed by atoms with Crippen LogP contribution in [-0.4, -0.2) is 24.4 Å². The molecule has 2 aliphatic carbocycles. The largest absolute Gasteiger partial charge is 0.370 e. The van der Waals surface area contributed by atoms with Gasteiger partial charge >= 0.3 is 0 Å². The highest BCUT2D eigenvalue weighted by Crippen LogP contribution is 2.42. The van der Waals surface area contributed by atoms with Crippen LogP contribution in [-0.2, 0) is 9.47 Å². The third-order valence-electron chi connectivity index (χ3n) is 5.48. The second-order valence-corrected chi connectivity index (χ2v) is 6.92. The third kappa shape index (κ3) is 3.52. The summed E-state index contributed by atoms with van der Waals surface area (Å²) < 4.78 is 10.9. The smallest absolute Gasteiger partial charge is 0.0869 e. The number of fused-ring (bicyclic) bond motifs is 2. The van der Waals surface area contributed by atoms with E-state index in [9.17, 15) is 0 Å². The average molecular weight is 266 g/mol. The van der Waals surface area contributed by atoms with Crippen LogP contribution in [0.25, 0.3) is 0 Å². The second-order valence-electron chi connectivity index (χ2n) is 6.92. The molecule has 6 unspecified atom stereocenters. The summed E-state index contributed by atoms with van der Waals surface area (Å²) in [6, 6.07) is 0. The Balaban J connectivity index is 0.000000117. The van der Waals surface area contributed by atoms with Gasteiger partial charge < -0.3 is 9.47 Å². The molecule has 4 aliphatic rings. The van der Waals surface area contributed by atoms with E-state index in [1.165, 1.54) is 57.8 Å². The molecule has 0 aromatic heterocycles. The molecule has 0 radical (unpaired) electrons. The lowest BCUT2D eigenvalue weighted by Gasteiger charge is -2.17. The van der Waals surface area contributed by atoms with Gasteiger partial charge in [-0.25, -0.2) is 0 Å². The molecule has 4 fully saturated rings. The first kappa shape index (κ1) is 13.9. The normalized spacial score (nSPS) is 46.4. The molecule has 0 bridgehead atoms. The standard InChI is InChI=1S/C9H16O.C8H14O/c1-2-3-7-4-5-8-9(6-7)10-8;1-2-6-4-3-5-7-8(6)9-7/h7-9H,2-6H2,1H3;6-8H,2-5H2,1H3. The SMILES string of the molecule is CCC1CCCC2OC12.CCCC1CCC2OC2C1. The molecule has 0 amide bonds. The van der Waals surface area contributed by atoms with Crippen LogP contribution < -0.4 is 0 Å². The van der Waals surface area contributed by atoms with Crippen LogP contribution in [0.2, 0.25) is 0 Å². The molecule has 0 aromatic rings. The van der Waals surface area contributed by atoms with E-state index < -0.39 is 0 Å². The van der Waals surface area contributed by atoms with Crippen molar-refractivity contribution in [1.82, 2.24) is 0 Å². The Morgan fingerprint density at radius 2 is 1.79 bits per heavy atom. The highest BCUT2D eigenvalue weighted by Gasteiger charge is 2.46. The minimum Gasteiger partial charge on any atom is -0.370 e. The maximum absolute atomic E-state index is 5.48. The van der Waals surface area contributed by atoms with Crippen molar-refractivity contribution in [3.63, 3.8) is 0 Å². The molecule has 2 saturated heterocycles. The highest BCUT2D eigenvalue weighted by molar-refractivity contribution is 4.93. The Morgan fingerprint density at radius 3 is 2.47 bits per heavy atom. The molecule has 0 aromatic carbocycles. The zero-order valence-corrected chi connectivity index (χ0v) is 12.6. The predicted molar refractivity (Wildman–Crippen MR) is 77.2 cm³/mol. The summed E-state index contributed by atoms with van der Waals surface area (Å²) in [5.41, 5.74) is 0. The van der Waals surface area contributed by atoms with Gasteiger partial charge in [0.25, 0.3) is 0 Å². The Labute approximate surface area is 118 Å². The lowest BCUT2D eigenvalue weighted by molar-refractivity contribution is 0.315. The van der Waals surface area contributed by atoms with Crippen molar-refractivity contribution in [2.75, 3.05) is 0 Å². The van der Waals surface area contributed by atoms with E-state index in [1.807, 2.05) is 0 Å². The summed E-state index contributed by atoms with van der Waals surface area (Å²) in [5, 5.41) is 0. The summed E-state index contributed by atoms with van der Waals surface area (Å²) in [4.78, 5) is 0. The number of ether oxygens (including phenoxy) is 2. The van der Waals surface area contributed by atoms with Crippen molar-refractivity contribution in [3.05, 3.63) is 0 Å². The van der Waals surface area contributed by atoms with Crippen molar-refractivity contribution in [2.24, 2.45) is 11.8 Å². The van der Waals surface area contributed by atoms with E-state index in [4.69, 9.17) is 9.47 Å². The Morgan fingerprint density at radius 1 is 0.895 bits per heavy atom. The van der Waals surface area contributed by atoms with Gasteiger partial charge in [-0.1, -0.05) is 39.5 Å². The van der Waals surface area contributed by atoms with Gasteiger partial charge in [-0.2, -0.15) is 0 Å². The van der Waals surface area contributed by atoms with Crippen molar-refractivity contribution in [1.29, 1.82) is 0 Å². The molecule has 0 N–H and O–H groups in total. The van der Waals surface area contributed by atoms with Crippen molar-refractivity contribution < 1.29 is 9.47 Å². The molecule has 110 valence electrons. The minimum absolute atomic E-state index is 0.684. The molecular weight excluding hydrogens is 236 g/mol. The van der Waals surface area contributed by atoms with Gasteiger partial charge in [0.1, 0.15) is 0 Å². The topological polar surface area (TPSA) is 25.1 Å². The van der Waals surface area contributed by atoms with Crippen LogP contribution >= 0.6 is 0 Å². The van der Waals surface area contributed by atoms with Crippen LogP contribution in [0.5, 0.6) is 0 Å². The van der Waals surface area contributed by atoms with Crippen molar-refractivity contribution in [3.8, 4) is 0 Å². The van der Waals surface area contributed by atoms with Crippen LogP contribution in [0.15, 0.2) is 0 Å². The first-order valence-electron chi connectivity index (χ1n) is 8.62.